The summed E-state index contributed by atoms with van der Waals surface area (Å²) in [5, 5.41) is 18.2. The second-order valence-corrected chi connectivity index (χ2v) is 3.32. The molecule has 0 aromatic heterocycles. The van der Waals surface area contributed by atoms with Gasteiger partial charge in [0.15, 0.2) is 0 Å². The van der Waals surface area contributed by atoms with Crippen LogP contribution in [-0.4, -0.2) is 23.4 Å². The van der Waals surface area contributed by atoms with Crippen molar-refractivity contribution in [2.24, 2.45) is 5.41 Å². The predicted molar refractivity (Wildman–Crippen MR) is 46.4 cm³/mol. The number of hydrogen-bond acceptors (Lipinski definition) is 2. The largest absolute Gasteiger partial charge is 0.396 e. The van der Waals surface area contributed by atoms with E-state index in [0.29, 0.717) is 0 Å². The molecular weight excluding hydrogens is 140 g/mol. The standard InChI is InChI=1S/C9H20O2/c1-3-5-9(7-10,8-11)6-4-2/h10-11H,3-8H2,1-2H3. The zero-order chi connectivity index (χ0) is 8.74. The third-order valence-electron chi connectivity index (χ3n) is 2.23. The van der Waals surface area contributed by atoms with Gasteiger partial charge in [0.2, 0.25) is 0 Å². The second-order valence-electron chi connectivity index (χ2n) is 3.32. The van der Waals surface area contributed by atoms with Crippen molar-refractivity contribution in [2.75, 3.05) is 13.2 Å². The third kappa shape index (κ3) is 3.21. The summed E-state index contributed by atoms with van der Waals surface area (Å²) in [7, 11) is 0. The summed E-state index contributed by atoms with van der Waals surface area (Å²) < 4.78 is 0. The van der Waals surface area contributed by atoms with Crippen LogP contribution in [0.25, 0.3) is 0 Å². The molecule has 68 valence electrons. The van der Waals surface area contributed by atoms with E-state index < -0.39 is 0 Å². The van der Waals surface area contributed by atoms with Gasteiger partial charge in [-0.15, -0.1) is 0 Å². The van der Waals surface area contributed by atoms with Gasteiger partial charge >= 0.3 is 0 Å². The molecule has 0 radical (unpaired) electrons. The highest BCUT2D eigenvalue weighted by Gasteiger charge is 2.26. The lowest BCUT2D eigenvalue weighted by atomic mass is 9.81. The molecule has 0 spiro atoms. The first kappa shape index (κ1) is 10.9. The minimum atomic E-state index is -0.205. The topological polar surface area (TPSA) is 40.5 Å². The van der Waals surface area contributed by atoms with E-state index in [1.54, 1.807) is 0 Å². The fourth-order valence-corrected chi connectivity index (χ4v) is 1.55. The maximum Gasteiger partial charge on any atom is 0.0509 e. The monoisotopic (exact) mass is 160 g/mol. The molecule has 0 amide bonds. The normalized spacial score (nSPS) is 12.0. The van der Waals surface area contributed by atoms with Gasteiger partial charge in [0.25, 0.3) is 0 Å². The van der Waals surface area contributed by atoms with Gasteiger partial charge in [-0.25, -0.2) is 0 Å². The summed E-state index contributed by atoms with van der Waals surface area (Å²) in [5.41, 5.74) is -0.205. The molecule has 0 aliphatic carbocycles. The smallest absolute Gasteiger partial charge is 0.0509 e. The lowest BCUT2D eigenvalue weighted by Gasteiger charge is -2.28. The van der Waals surface area contributed by atoms with Crippen molar-refractivity contribution in [2.45, 2.75) is 39.5 Å². The minimum absolute atomic E-state index is 0.116. The summed E-state index contributed by atoms with van der Waals surface area (Å²) in [6.07, 6.45) is 3.91. The van der Waals surface area contributed by atoms with Gasteiger partial charge in [0.05, 0.1) is 13.2 Å². The van der Waals surface area contributed by atoms with E-state index in [4.69, 9.17) is 10.2 Å². The zero-order valence-corrected chi connectivity index (χ0v) is 7.64. The van der Waals surface area contributed by atoms with Crippen molar-refractivity contribution < 1.29 is 10.2 Å². The first-order valence-corrected chi connectivity index (χ1v) is 4.46. The quantitative estimate of drug-likeness (QED) is 0.619. The van der Waals surface area contributed by atoms with E-state index in [1.807, 2.05) is 0 Å². The summed E-state index contributed by atoms with van der Waals surface area (Å²) in [6, 6.07) is 0. The van der Waals surface area contributed by atoms with Crippen molar-refractivity contribution in [3.05, 3.63) is 0 Å². The summed E-state index contributed by atoms with van der Waals surface area (Å²) in [6.45, 7) is 4.39. The predicted octanol–water partition coefficient (Wildman–Crippen LogP) is 1.56. The molecule has 0 saturated carbocycles. The van der Waals surface area contributed by atoms with Gasteiger partial charge in [-0.3, -0.25) is 0 Å². The molecule has 11 heavy (non-hydrogen) atoms. The van der Waals surface area contributed by atoms with Crippen LogP contribution in [0.5, 0.6) is 0 Å². The van der Waals surface area contributed by atoms with Crippen molar-refractivity contribution in [3.63, 3.8) is 0 Å². The number of aliphatic hydroxyl groups is 2. The molecule has 0 fully saturated rings. The summed E-state index contributed by atoms with van der Waals surface area (Å²) in [5.74, 6) is 0. The molecule has 0 unspecified atom stereocenters. The summed E-state index contributed by atoms with van der Waals surface area (Å²) in [4.78, 5) is 0. The Morgan fingerprint density at radius 1 is 0.909 bits per heavy atom. The number of rotatable bonds is 6. The average molecular weight is 160 g/mol. The Morgan fingerprint density at radius 3 is 1.45 bits per heavy atom. The van der Waals surface area contributed by atoms with Gasteiger partial charge in [0.1, 0.15) is 0 Å². The fraction of sp³-hybridized carbons (Fsp3) is 1.00. The Bertz CT molecular complexity index is 79.6. The van der Waals surface area contributed by atoms with Gasteiger partial charge in [-0.1, -0.05) is 26.7 Å². The molecule has 0 aliphatic rings. The second kappa shape index (κ2) is 5.56. The van der Waals surface area contributed by atoms with E-state index in [9.17, 15) is 0 Å². The first-order chi connectivity index (χ1) is 5.24. The first-order valence-electron chi connectivity index (χ1n) is 4.46. The molecule has 0 heterocycles. The van der Waals surface area contributed by atoms with Crippen LogP contribution in [-0.2, 0) is 0 Å². The van der Waals surface area contributed by atoms with Gasteiger partial charge in [0, 0.05) is 5.41 Å². The lowest BCUT2D eigenvalue weighted by molar-refractivity contribution is 0.0385. The Labute approximate surface area is 69.2 Å². The van der Waals surface area contributed by atoms with Gasteiger partial charge < -0.3 is 10.2 Å². The third-order valence-corrected chi connectivity index (χ3v) is 2.23. The zero-order valence-electron chi connectivity index (χ0n) is 7.64. The van der Waals surface area contributed by atoms with Gasteiger partial charge in [-0.2, -0.15) is 0 Å². The highest BCUT2D eigenvalue weighted by Crippen LogP contribution is 2.28. The molecule has 2 heteroatoms. The molecule has 0 bridgehead atoms. The SMILES string of the molecule is CCCC(CO)(CO)CCC. The maximum absolute atomic E-state index is 9.08. The molecule has 2 nitrogen and oxygen atoms in total. The van der Waals surface area contributed by atoms with Crippen LogP contribution >= 0.6 is 0 Å². The van der Waals surface area contributed by atoms with Crippen molar-refractivity contribution >= 4 is 0 Å². The average Bonchev–Trinajstić information content (AvgIpc) is 2.04. The van der Waals surface area contributed by atoms with E-state index in [1.165, 1.54) is 0 Å². The number of hydrogen-bond donors (Lipinski definition) is 2. The highest BCUT2D eigenvalue weighted by atomic mass is 16.3. The Kier molecular flexibility index (Phi) is 5.51. The molecule has 0 aromatic rings. The highest BCUT2D eigenvalue weighted by molar-refractivity contribution is 4.76. The minimum Gasteiger partial charge on any atom is -0.396 e. The molecule has 0 atom stereocenters. The van der Waals surface area contributed by atoms with E-state index >= 15 is 0 Å². The maximum atomic E-state index is 9.08. The van der Waals surface area contributed by atoms with Crippen LogP contribution in [0.3, 0.4) is 0 Å². The molecule has 0 aliphatic heterocycles. The van der Waals surface area contributed by atoms with Crippen LogP contribution in [0.1, 0.15) is 39.5 Å². The Balaban J connectivity index is 3.96. The van der Waals surface area contributed by atoms with Gasteiger partial charge in [-0.05, 0) is 12.8 Å². The molecule has 0 rings (SSSR count). The Morgan fingerprint density at radius 2 is 1.27 bits per heavy atom. The number of aliphatic hydroxyl groups excluding tert-OH is 2. The van der Waals surface area contributed by atoms with Crippen LogP contribution in [0, 0.1) is 5.41 Å². The van der Waals surface area contributed by atoms with E-state index in [2.05, 4.69) is 13.8 Å². The lowest BCUT2D eigenvalue weighted by Crippen LogP contribution is -2.29. The fourth-order valence-electron chi connectivity index (χ4n) is 1.55. The molecule has 2 N–H and O–H groups in total. The van der Waals surface area contributed by atoms with Crippen LogP contribution < -0.4 is 0 Å². The Hall–Kier alpha value is -0.0800. The summed E-state index contributed by atoms with van der Waals surface area (Å²) >= 11 is 0. The van der Waals surface area contributed by atoms with Crippen molar-refractivity contribution in [3.8, 4) is 0 Å². The van der Waals surface area contributed by atoms with E-state index in [-0.39, 0.29) is 18.6 Å². The molecule has 0 saturated heterocycles. The molecule has 0 aromatic carbocycles. The van der Waals surface area contributed by atoms with Crippen molar-refractivity contribution in [1.82, 2.24) is 0 Å². The van der Waals surface area contributed by atoms with Crippen molar-refractivity contribution in [1.29, 1.82) is 0 Å². The van der Waals surface area contributed by atoms with Crippen LogP contribution in [0.4, 0.5) is 0 Å². The van der Waals surface area contributed by atoms with Crippen LogP contribution in [0.2, 0.25) is 0 Å². The van der Waals surface area contributed by atoms with Crippen LogP contribution in [0.15, 0.2) is 0 Å². The molecular formula is C9H20O2. The van der Waals surface area contributed by atoms with E-state index in [0.717, 1.165) is 25.7 Å².